The summed E-state index contributed by atoms with van der Waals surface area (Å²) in [6.07, 6.45) is 2.10. The Morgan fingerprint density at radius 1 is 1.00 bits per heavy atom. The van der Waals surface area contributed by atoms with Crippen LogP contribution in [0.4, 0.5) is 0 Å². The van der Waals surface area contributed by atoms with Gasteiger partial charge in [0.25, 0.3) is 0 Å². The van der Waals surface area contributed by atoms with Gasteiger partial charge in [0, 0.05) is 32.1 Å². The van der Waals surface area contributed by atoms with Gasteiger partial charge < -0.3 is 15.1 Å². The minimum atomic E-state index is 0.292. The van der Waals surface area contributed by atoms with Crippen molar-refractivity contribution in [1.29, 1.82) is 0 Å². The van der Waals surface area contributed by atoms with Gasteiger partial charge in [-0.3, -0.25) is 4.79 Å². The quantitative estimate of drug-likeness (QED) is 0.845. The fourth-order valence-electron chi connectivity index (χ4n) is 2.64. The third-order valence-corrected chi connectivity index (χ3v) is 3.81. The largest absolute Gasteiger partial charge is 0.340 e. The van der Waals surface area contributed by atoms with Crippen LogP contribution >= 0.6 is 0 Å². The molecule has 0 saturated carbocycles. The minimum Gasteiger partial charge on any atom is -0.340 e. The van der Waals surface area contributed by atoms with E-state index in [1.54, 1.807) is 0 Å². The molecule has 2 aliphatic rings. The Hall–Kier alpha value is -0.610. The average molecular weight is 285 g/mol. The number of likely N-dealkylation sites (tertiary alicyclic amines) is 1. The lowest BCUT2D eigenvalue weighted by atomic mass is 9.95. The van der Waals surface area contributed by atoms with Crippen molar-refractivity contribution in [1.82, 2.24) is 15.1 Å². The number of rotatable bonds is 2. The van der Waals surface area contributed by atoms with Crippen molar-refractivity contribution in [2.24, 2.45) is 5.92 Å². The van der Waals surface area contributed by atoms with E-state index in [4.69, 9.17) is 0 Å². The third-order valence-electron chi connectivity index (χ3n) is 3.81. The smallest absolute Gasteiger partial charge is 0.225 e. The normalized spacial score (nSPS) is 20.4. The fraction of sp³-hybridized carbons (Fsp3) is 0.938. The van der Waals surface area contributed by atoms with E-state index < -0.39 is 0 Å². The van der Waals surface area contributed by atoms with Crippen molar-refractivity contribution in [3.8, 4) is 0 Å². The lowest BCUT2D eigenvalue weighted by Gasteiger charge is -2.35. The first-order valence-electron chi connectivity index (χ1n) is 8.53. The van der Waals surface area contributed by atoms with Crippen LogP contribution in [-0.4, -0.2) is 61.5 Å². The molecule has 0 bridgehead atoms. The maximum Gasteiger partial charge on any atom is 0.225 e. The Labute approximate surface area is 125 Å². The molecule has 2 fully saturated rings. The molecule has 4 nitrogen and oxygen atoms in total. The summed E-state index contributed by atoms with van der Waals surface area (Å²) in [6.45, 7) is 17.2. The summed E-state index contributed by atoms with van der Waals surface area (Å²) in [4.78, 5) is 16.7. The van der Waals surface area contributed by atoms with E-state index in [1.807, 2.05) is 32.6 Å². The summed E-state index contributed by atoms with van der Waals surface area (Å²) < 4.78 is 0. The Morgan fingerprint density at radius 3 is 1.95 bits per heavy atom. The third kappa shape index (κ3) is 6.23. The molecule has 2 aliphatic heterocycles. The predicted molar refractivity (Wildman–Crippen MR) is 87.0 cm³/mol. The van der Waals surface area contributed by atoms with Crippen LogP contribution in [0.25, 0.3) is 0 Å². The second-order valence-corrected chi connectivity index (χ2v) is 4.78. The van der Waals surface area contributed by atoms with Crippen LogP contribution in [0, 0.1) is 5.92 Å². The van der Waals surface area contributed by atoms with Crippen LogP contribution in [0.15, 0.2) is 0 Å². The van der Waals surface area contributed by atoms with E-state index in [9.17, 15) is 4.79 Å². The van der Waals surface area contributed by atoms with Crippen LogP contribution < -0.4 is 5.32 Å². The highest BCUT2D eigenvalue weighted by molar-refractivity contribution is 5.79. The topological polar surface area (TPSA) is 35.6 Å². The Bertz CT molecular complexity index is 232. The van der Waals surface area contributed by atoms with Crippen LogP contribution in [-0.2, 0) is 4.79 Å². The molecule has 0 aliphatic carbocycles. The molecule has 0 aromatic heterocycles. The molecule has 2 heterocycles. The number of amides is 1. The van der Waals surface area contributed by atoms with Gasteiger partial charge in [-0.15, -0.1) is 0 Å². The number of piperazine rings is 1. The highest BCUT2D eigenvalue weighted by Gasteiger charge is 2.28. The maximum absolute atomic E-state index is 12.2. The number of hydrogen-bond donors (Lipinski definition) is 1. The van der Waals surface area contributed by atoms with Crippen molar-refractivity contribution in [3.05, 3.63) is 0 Å². The lowest BCUT2D eigenvalue weighted by Crippen LogP contribution is -2.50. The second kappa shape index (κ2) is 12.2. The summed E-state index contributed by atoms with van der Waals surface area (Å²) in [6, 6.07) is 0. The zero-order chi connectivity index (χ0) is 15.4. The number of nitrogens with one attached hydrogen (secondary N) is 1. The van der Waals surface area contributed by atoms with Gasteiger partial charge in [-0.25, -0.2) is 0 Å². The molecule has 0 radical (unpaired) electrons. The Kier molecular flexibility index (Phi) is 11.8. The average Bonchev–Trinajstić information content (AvgIpc) is 2.59. The van der Waals surface area contributed by atoms with Crippen molar-refractivity contribution < 1.29 is 4.79 Å². The van der Waals surface area contributed by atoms with Gasteiger partial charge in [-0.1, -0.05) is 34.6 Å². The van der Waals surface area contributed by atoms with Crippen LogP contribution in [0.1, 0.15) is 47.5 Å². The number of nitrogens with zero attached hydrogens (tertiary/aromatic N) is 2. The van der Waals surface area contributed by atoms with Gasteiger partial charge >= 0.3 is 0 Å². The van der Waals surface area contributed by atoms with Gasteiger partial charge in [0.1, 0.15) is 0 Å². The zero-order valence-corrected chi connectivity index (χ0v) is 14.2. The predicted octanol–water partition coefficient (Wildman–Crippen LogP) is 2.20. The standard InChI is InChI=1S/C12H23N3O.2C2H6/c1-2-14-7-3-11(4-8-14)12(16)15-9-5-13-6-10-15;2*1-2/h11,13H,2-10H2,1H3;2*1-2H3. The first-order valence-corrected chi connectivity index (χ1v) is 8.53. The van der Waals surface area contributed by atoms with Crippen LogP contribution in [0.2, 0.25) is 0 Å². The number of carbonyl (C=O) groups is 1. The molecule has 4 heteroatoms. The highest BCUT2D eigenvalue weighted by Crippen LogP contribution is 2.19. The fourth-order valence-corrected chi connectivity index (χ4v) is 2.64. The highest BCUT2D eigenvalue weighted by atomic mass is 16.2. The first kappa shape index (κ1) is 19.4. The van der Waals surface area contributed by atoms with Crippen molar-refractivity contribution in [2.45, 2.75) is 47.5 Å². The van der Waals surface area contributed by atoms with Gasteiger partial charge in [0.2, 0.25) is 5.91 Å². The minimum absolute atomic E-state index is 0.292. The first-order chi connectivity index (χ1) is 9.81. The Morgan fingerprint density at radius 2 is 1.50 bits per heavy atom. The van der Waals surface area contributed by atoms with Crippen molar-refractivity contribution >= 4 is 5.91 Å². The molecule has 0 aromatic carbocycles. The molecule has 0 unspecified atom stereocenters. The van der Waals surface area contributed by atoms with Crippen molar-refractivity contribution in [2.75, 3.05) is 45.8 Å². The summed E-state index contributed by atoms with van der Waals surface area (Å²) in [5.74, 6) is 0.693. The zero-order valence-electron chi connectivity index (χ0n) is 14.2. The Balaban J connectivity index is 0.000000829. The van der Waals surface area contributed by atoms with E-state index in [2.05, 4.69) is 17.1 Å². The summed E-state index contributed by atoms with van der Waals surface area (Å²) >= 11 is 0. The number of hydrogen-bond acceptors (Lipinski definition) is 3. The molecule has 0 aromatic rings. The molecule has 2 rings (SSSR count). The molecule has 0 atom stereocenters. The van der Waals surface area contributed by atoms with E-state index in [1.165, 1.54) is 0 Å². The molecular formula is C16H35N3O. The molecular weight excluding hydrogens is 250 g/mol. The van der Waals surface area contributed by atoms with Gasteiger partial charge in [0.15, 0.2) is 0 Å². The van der Waals surface area contributed by atoms with Gasteiger partial charge in [-0.05, 0) is 32.5 Å². The summed E-state index contributed by atoms with van der Waals surface area (Å²) in [5, 5.41) is 3.29. The van der Waals surface area contributed by atoms with E-state index in [0.717, 1.165) is 58.7 Å². The summed E-state index contributed by atoms with van der Waals surface area (Å²) in [5.41, 5.74) is 0. The maximum atomic E-state index is 12.2. The van der Waals surface area contributed by atoms with Crippen LogP contribution in [0.5, 0.6) is 0 Å². The molecule has 1 N–H and O–H groups in total. The van der Waals surface area contributed by atoms with Gasteiger partial charge in [0.05, 0.1) is 0 Å². The van der Waals surface area contributed by atoms with E-state index in [0.29, 0.717) is 11.8 Å². The second-order valence-electron chi connectivity index (χ2n) is 4.78. The molecule has 0 spiro atoms. The van der Waals surface area contributed by atoms with Crippen LogP contribution in [0.3, 0.4) is 0 Å². The van der Waals surface area contributed by atoms with Gasteiger partial charge in [-0.2, -0.15) is 0 Å². The van der Waals surface area contributed by atoms with Crippen molar-refractivity contribution in [3.63, 3.8) is 0 Å². The lowest BCUT2D eigenvalue weighted by molar-refractivity contribution is -0.137. The number of piperidine rings is 1. The molecule has 120 valence electrons. The molecule has 1 amide bonds. The SMILES string of the molecule is CC.CC.CCN1CCC(C(=O)N2CCNCC2)CC1. The monoisotopic (exact) mass is 285 g/mol. The molecule has 2 saturated heterocycles. The van der Waals surface area contributed by atoms with E-state index >= 15 is 0 Å². The number of carbonyl (C=O) groups excluding carboxylic acids is 1. The molecule has 20 heavy (non-hydrogen) atoms. The summed E-state index contributed by atoms with van der Waals surface area (Å²) in [7, 11) is 0. The van der Waals surface area contributed by atoms with E-state index in [-0.39, 0.29) is 0 Å².